The van der Waals surface area contributed by atoms with E-state index >= 15 is 0 Å². The molecule has 0 saturated carbocycles. The van der Waals surface area contributed by atoms with Gasteiger partial charge in [0.15, 0.2) is 11.2 Å². The quantitative estimate of drug-likeness (QED) is 0.109. The van der Waals surface area contributed by atoms with E-state index in [0.29, 0.717) is 20.9 Å². The monoisotopic (exact) mass is 820 g/mol. The third-order valence-electron chi connectivity index (χ3n) is 7.97. The van der Waals surface area contributed by atoms with Gasteiger partial charge in [0.1, 0.15) is 11.2 Å². The van der Waals surface area contributed by atoms with E-state index < -0.39 is 23.3 Å². The summed E-state index contributed by atoms with van der Waals surface area (Å²) < 4.78 is 33.8. The summed E-state index contributed by atoms with van der Waals surface area (Å²) in [6.07, 6.45) is 10.3. The third-order valence-corrected chi connectivity index (χ3v) is 12.0. The zero-order valence-electron chi connectivity index (χ0n) is 26.0. The molecule has 4 bridgehead atoms. The highest BCUT2D eigenvalue weighted by molar-refractivity contribution is 9.11. The van der Waals surface area contributed by atoms with Gasteiger partial charge in [-0.15, -0.1) is 22.7 Å². The van der Waals surface area contributed by atoms with Crippen molar-refractivity contribution in [1.29, 1.82) is 0 Å². The van der Waals surface area contributed by atoms with Crippen LogP contribution in [0.2, 0.25) is 0 Å². The Kier molecular flexibility index (Phi) is 10.7. The smallest absolute Gasteiger partial charge is 0.394 e. The summed E-state index contributed by atoms with van der Waals surface area (Å²) >= 11 is 10.2. The van der Waals surface area contributed by atoms with E-state index in [9.17, 15) is 19.2 Å². The van der Waals surface area contributed by atoms with E-state index in [1.807, 2.05) is 12.1 Å². The fraction of sp³-hybridized carbons (Fsp3) is 0.353. The van der Waals surface area contributed by atoms with Crippen molar-refractivity contribution in [2.24, 2.45) is 0 Å². The maximum atomic E-state index is 12.9. The summed E-state index contributed by atoms with van der Waals surface area (Å²) in [7, 11) is 0. The van der Waals surface area contributed by atoms with Crippen LogP contribution in [0, 0.1) is 0 Å². The van der Waals surface area contributed by atoms with Gasteiger partial charge >= 0.3 is 23.3 Å². The van der Waals surface area contributed by atoms with Crippen molar-refractivity contribution in [2.75, 3.05) is 0 Å². The Labute approximate surface area is 296 Å². The highest BCUT2D eigenvalue weighted by Gasteiger charge is 2.25. The lowest BCUT2D eigenvalue weighted by Gasteiger charge is -2.09. The molecule has 10 nitrogen and oxygen atoms in total. The van der Waals surface area contributed by atoms with Crippen LogP contribution in [-0.2, 0) is 12.8 Å². The molecule has 0 saturated heterocycles. The van der Waals surface area contributed by atoms with Gasteiger partial charge in [-0.05, 0) is 92.9 Å². The number of benzene rings is 2. The van der Waals surface area contributed by atoms with Crippen molar-refractivity contribution in [3.8, 4) is 20.9 Å². The first-order valence-corrected chi connectivity index (χ1v) is 18.9. The van der Waals surface area contributed by atoms with Crippen molar-refractivity contribution in [3.63, 3.8) is 0 Å². The summed E-state index contributed by atoms with van der Waals surface area (Å²) in [4.78, 5) is 52.5. The van der Waals surface area contributed by atoms with Crippen LogP contribution in [0.1, 0.15) is 76.3 Å². The van der Waals surface area contributed by atoms with E-state index in [1.165, 1.54) is 34.8 Å². The minimum Gasteiger partial charge on any atom is -0.394 e. The van der Waals surface area contributed by atoms with E-state index in [0.717, 1.165) is 82.9 Å². The molecule has 0 fully saturated rings. The Morgan fingerprint density at radius 3 is 1.35 bits per heavy atom. The van der Waals surface area contributed by atoms with E-state index in [1.54, 1.807) is 0 Å². The molecule has 0 aliphatic heterocycles. The summed E-state index contributed by atoms with van der Waals surface area (Å²) in [6, 6.07) is 6.97. The zero-order valence-corrected chi connectivity index (χ0v) is 30.8. The van der Waals surface area contributed by atoms with Crippen LogP contribution in [0.5, 0.6) is 0 Å². The molecule has 4 heterocycles. The van der Waals surface area contributed by atoms with Gasteiger partial charge in [-0.2, -0.15) is 0 Å². The maximum absolute atomic E-state index is 12.9. The number of aryl methyl sites for hydroxylation is 2. The standard InChI is InChI=1S/C34H30Br2O10S2/c1-3-5-7-9-11-17-13-23(47-29(17)35)19-15-21-25-22-16-20(24-14-18(30(36)48-24)12-10-8-6-4-2)28(44-34(40)46-32(38)42-22)26(25)27(19)43-33(39)45-31(37)41-21/h13-16H,3-12H2,1-2H3. The fourth-order valence-electron chi connectivity index (χ4n) is 5.71. The van der Waals surface area contributed by atoms with Gasteiger partial charge < -0.3 is 26.5 Å². The van der Waals surface area contributed by atoms with Gasteiger partial charge in [0.2, 0.25) is 0 Å². The van der Waals surface area contributed by atoms with E-state index in [2.05, 4.69) is 45.7 Å². The molecular formula is C34H30Br2O10S2. The highest BCUT2D eigenvalue weighted by atomic mass is 79.9. The molecule has 14 heteroatoms. The Hall–Kier alpha value is -3.46. The Balaban J connectivity index is 1.71. The molecule has 0 N–H and O–H groups in total. The topological polar surface area (TPSA) is 147 Å². The fourth-order valence-corrected chi connectivity index (χ4v) is 9.28. The zero-order chi connectivity index (χ0) is 33.9. The molecule has 0 radical (unpaired) electrons. The molecule has 4 aromatic heterocycles. The lowest BCUT2D eigenvalue weighted by molar-refractivity contribution is 0.268. The molecule has 0 unspecified atom stereocenters. The first-order chi connectivity index (χ1) is 23.2. The van der Waals surface area contributed by atoms with Crippen LogP contribution in [0.3, 0.4) is 0 Å². The Bertz CT molecular complexity index is 2250. The Morgan fingerprint density at radius 2 is 0.938 bits per heavy atom. The van der Waals surface area contributed by atoms with Crippen LogP contribution < -0.4 is 23.3 Å². The second-order valence-electron chi connectivity index (χ2n) is 11.3. The van der Waals surface area contributed by atoms with Crippen molar-refractivity contribution >= 4 is 87.6 Å². The first-order valence-electron chi connectivity index (χ1n) is 15.6. The minimum absolute atomic E-state index is 0.0385. The van der Waals surface area contributed by atoms with Crippen LogP contribution in [0.4, 0.5) is 0 Å². The van der Waals surface area contributed by atoms with Gasteiger partial charge in [-0.1, -0.05) is 52.4 Å². The predicted molar refractivity (Wildman–Crippen MR) is 193 cm³/mol. The number of rotatable bonds is 12. The van der Waals surface area contributed by atoms with Crippen LogP contribution in [0.25, 0.3) is 54.0 Å². The average Bonchev–Trinajstić information content (AvgIpc) is 3.63. The molecule has 0 aliphatic rings. The second-order valence-corrected chi connectivity index (χ2v) is 16.0. The summed E-state index contributed by atoms with van der Waals surface area (Å²) in [6.45, 7) is 4.31. The lowest BCUT2D eigenvalue weighted by Crippen LogP contribution is -2.03. The molecule has 48 heavy (non-hydrogen) atoms. The van der Waals surface area contributed by atoms with Crippen molar-refractivity contribution < 1.29 is 26.5 Å². The van der Waals surface area contributed by atoms with Gasteiger partial charge in [-0.3, -0.25) is 0 Å². The minimum atomic E-state index is -1.36. The lowest BCUT2D eigenvalue weighted by atomic mass is 9.98. The van der Waals surface area contributed by atoms with Crippen molar-refractivity contribution in [3.05, 3.63) is 85.4 Å². The molecule has 2 aromatic carbocycles. The van der Waals surface area contributed by atoms with Crippen LogP contribution in [0.15, 0.2) is 77.5 Å². The summed E-state index contributed by atoms with van der Waals surface area (Å²) in [5.74, 6) is -5.42. The van der Waals surface area contributed by atoms with E-state index in [-0.39, 0.29) is 33.1 Å². The number of unbranched alkanes of at least 4 members (excludes halogenated alkanes) is 6. The van der Waals surface area contributed by atoms with Crippen LogP contribution >= 0.6 is 54.5 Å². The van der Waals surface area contributed by atoms with Crippen molar-refractivity contribution in [2.45, 2.75) is 78.1 Å². The van der Waals surface area contributed by atoms with Gasteiger partial charge in [0, 0.05) is 20.9 Å². The van der Waals surface area contributed by atoms with Crippen LogP contribution in [-0.4, -0.2) is 0 Å². The molecule has 0 atom stereocenters. The molecule has 6 rings (SSSR count). The molecule has 0 spiro atoms. The molecule has 252 valence electrons. The van der Waals surface area contributed by atoms with E-state index in [4.69, 9.17) is 26.5 Å². The Morgan fingerprint density at radius 1 is 0.521 bits per heavy atom. The average molecular weight is 823 g/mol. The van der Waals surface area contributed by atoms with Gasteiger partial charge in [0.05, 0.1) is 18.3 Å². The second kappa shape index (κ2) is 15.0. The molecule has 6 aromatic rings. The maximum Gasteiger partial charge on any atom is 0.524 e. The number of hydrogen-bond acceptors (Lipinski definition) is 12. The number of hydrogen-bond donors (Lipinski definition) is 0. The number of thiophene rings is 2. The number of halogens is 2. The normalized spacial score (nSPS) is 11.7. The van der Waals surface area contributed by atoms with Gasteiger partial charge in [0.25, 0.3) is 0 Å². The van der Waals surface area contributed by atoms with Crippen molar-refractivity contribution in [1.82, 2.24) is 0 Å². The SMILES string of the molecule is CCCCCCc1cc(-c2cc3oc(=O)oc(=O)oc2c2c4oc(=O)oc(=O)oc(cc4-c4cc(CCCCCC)c(Br)s4)c32)sc1Br. The van der Waals surface area contributed by atoms with Gasteiger partial charge in [-0.25, -0.2) is 19.2 Å². The largest absolute Gasteiger partial charge is 0.524 e. The number of fused-ring (bicyclic) bond motifs is 3. The first kappa shape index (κ1) is 34.4. The molecular weight excluding hydrogens is 792 g/mol. The predicted octanol–water partition coefficient (Wildman–Crippen LogP) is 10.5. The highest BCUT2D eigenvalue weighted by Crippen LogP contribution is 2.46. The summed E-state index contributed by atoms with van der Waals surface area (Å²) in [5.41, 5.74) is 2.46. The third kappa shape index (κ3) is 7.26. The molecule has 0 aliphatic carbocycles. The molecule has 0 amide bonds. The summed E-state index contributed by atoms with van der Waals surface area (Å²) in [5, 5.41) is 0.0907.